The van der Waals surface area contributed by atoms with Crippen molar-refractivity contribution >= 4 is 17.7 Å². The molecule has 0 saturated carbocycles. The molecule has 3 rings (SSSR count). The van der Waals surface area contributed by atoms with Gasteiger partial charge in [0.25, 0.3) is 5.91 Å². The number of nitrogens with zero attached hydrogens (tertiary/aromatic N) is 2. The second-order valence-corrected chi connectivity index (χ2v) is 8.26. The molecule has 1 aromatic heterocycles. The number of rotatable bonds is 9. The summed E-state index contributed by atoms with van der Waals surface area (Å²) in [5.41, 5.74) is 6.56. The Morgan fingerprint density at radius 2 is 1.79 bits per heavy atom. The van der Waals surface area contributed by atoms with Gasteiger partial charge in [0.15, 0.2) is 0 Å². The highest BCUT2D eigenvalue weighted by Crippen LogP contribution is 2.19. The van der Waals surface area contributed by atoms with Gasteiger partial charge in [-0.05, 0) is 55.7 Å². The van der Waals surface area contributed by atoms with E-state index in [0.29, 0.717) is 12.1 Å². The van der Waals surface area contributed by atoms with Gasteiger partial charge >= 0.3 is 0 Å². The van der Waals surface area contributed by atoms with Crippen LogP contribution in [0.5, 0.6) is 0 Å². The molecule has 4 nitrogen and oxygen atoms in total. The first-order chi connectivity index (χ1) is 14.1. The van der Waals surface area contributed by atoms with Gasteiger partial charge in [-0.25, -0.2) is 4.68 Å². The molecule has 1 heterocycles. The number of carbonyl (C=O) groups excluding carboxylic acids is 1. The summed E-state index contributed by atoms with van der Waals surface area (Å²) in [7, 11) is 0. The number of hydrogen-bond donors (Lipinski definition) is 1. The Hall–Kier alpha value is -2.53. The number of aromatic nitrogens is 2. The maximum absolute atomic E-state index is 12.4. The van der Waals surface area contributed by atoms with Crippen molar-refractivity contribution < 1.29 is 4.79 Å². The second kappa shape index (κ2) is 10.3. The standard InChI is InChI=1S/C24H29N3OS/c1-4-8-23-18(2)26-27(19(23)3)22-13-11-21(12-14-22)24(28)25-15-16-29-17-20-9-6-5-7-10-20/h5-7,9-14H,4,8,15-17H2,1-3H3,(H,25,28). The lowest BCUT2D eigenvalue weighted by molar-refractivity contribution is 0.0956. The fourth-order valence-electron chi connectivity index (χ4n) is 3.40. The van der Waals surface area contributed by atoms with Crippen LogP contribution in [-0.4, -0.2) is 28.0 Å². The van der Waals surface area contributed by atoms with Gasteiger partial charge in [0.05, 0.1) is 11.4 Å². The summed E-state index contributed by atoms with van der Waals surface area (Å²) < 4.78 is 1.97. The lowest BCUT2D eigenvalue weighted by Crippen LogP contribution is -2.25. The van der Waals surface area contributed by atoms with Gasteiger partial charge in [-0.3, -0.25) is 4.79 Å². The van der Waals surface area contributed by atoms with E-state index in [1.165, 1.54) is 16.8 Å². The summed E-state index contributed by atoms with van der Waals surface area (Å²) in [6, 6.07) is 18.1. The highest BCUT2D eigenvalue weighted by Gasteiger charge is 2.12. The molecule has 3 aromatic rings. The van der Waals surface area contributed by atoms with Crippen LogP contribution in [0.4, 0.5) is 0 Å². The molecule has 0 unspecified atom stereocenters. The Morgan fingerprint density at radius 3 is 2.48 bits per heavy atom. The zero-order valence-electron chi connectivity index (χ0n) is 17.4. The Labute approximate surface area is 177 Å². The van der Waals surface area contributed by atoms with E-state index >= 15 is 0 Å². The van der Waals surface area contributed by atoms with Gasteiger partial charge in [0, 0.05) is 29.3 Å². The SMILES string of the molecule is CCCc1c(C)nn(-c2ccc(C(=O)NCCSCc3ccccc3)cc2)c1C. The highest BCUT2D eigenvalue weighted by molar-refractivity contribution is 7.98. The normalized spacial score (nSPS) is 10.9. The number of nitrogens with one attached hydrogen (secondary N) is 1. The van der Waals surface area contributed by atoms with Gasteiger partial charge < -0.3 is 5.32 Å². The summed E-state index contributed by atoms with van der Waals surface area (Å²) in [6.07, 6.45) is 2.15. The minimum atomic E-state index is -0.0306. The number of benzene rings is 2. The molecule has 0 saturated heterocycles. The minimum Gasteiger partial charge on any atom is -0.351 e. The van der Waals surface area contributed by atoms with Crippen molar-refractivity contribution in [3.8, 4) is 5.69 Å². The molecule has 0 bridgehead atoms. The zero-order valence-corrected chi connectivity index (χ0v) is 18.3. The summed E-state index contributed by atoms with van der Waals surface area (Å²) in [5.74, 6) is 1.83. The molecular weight excluding hydrogens is 378 g/mol. The van der Waals surface area contributed by atoms with Gasteiger partial charge in [-0.1, -0.05) is 43.7 Å². The average Bonchev–Trinajstić information content (AvgIpc) is 3.03. The molecule has 0 radical (unpaired) electrons. The number of carbonyl (C=O) groups is 1. The maximum atomic E-state index is 12.4. The molecule has 152 valence electrons. The molecule has 0 aliphatic carbocycles. The molecule has 0 aliphatic heterocycles. The summed E-state index contributed by atoms with van der Waals surface area (Å²) in [5, 5.41) is 7.69. The predicted molar refractivity (Wildman–Crippen MR) is 122 cm³/mol. The molecule has 1 N–H and O–H groups in total. The quantitative estimate of drug-likeness (QED) is 0.502. The maximum Gasteiger partial charge on any atom is 0.251 e. The van der Waals surface area contributed by atoms with E-state index in [4.69, 9.17) is 0 Å². The largest absolute Gasteiger partial charge is 0.351 e. The van der Waals surface area contributed by atoms with Crippen molar-refractivity contribution in [2.75, 3.05) is 12.3 Å². The minimum absolute atomic E-state index is 0.0306. The first-order valence-electron chi connectivity index (χ1n) is 10.2. The molecular formula is C24H29N3OS. The molecule has 1 amide bonds. The predicted octanol–water partition coefficient (Wildman–Crippen LogP) is 5.10. The first kappa shape index (κ1) is 21.2. The van der Waals surface area contributed by atoms with E-state index in [9.17, 15) is 4.79 Å². The fourth-order valence-corrected chi connectivity index (χ4v) is 4.21. The van der Waals surface area contributed by atoms with Crippen molar-refractivity contribution in [2.24, 2.45) is 0 Å². The smallest absolute Gasteiger partial charge is 0.251 e. The molecule has 29 heavy (non-hydrogen) atoms. The fraction of sp³-hybridized carbons (Fsp3) is 0.333. The Kier molecular flexibility index (Phi) is 7.53. The highest BCUT2D eigenvalue weighted by atomic mass is 32.2. The van der Waals surface area contributed by atoms with E-state index in [1.807, 2.05) is 46.8 Å². The molecule has 5 heteroatoms. The van der Waals surface area contributed by atoms with Crippen LogP contribution in [0.25, 0.3) is 5.69 Å². The third-order valence-electron chi connectivity index (χ3n) is 4.96. The first-order valence-corrected chi connectivity index (χ1v) is 11.3. The summed E-state index contributed by atoms with van der Waals surface area (Å²) in [4.78, 5) is 12.4. The third-order valence-corrected chi connectivity index (χ3v) is 5.99. The van der Waals surface area contributed by atoms with E-state index in [1.54, 1.807) is 0 Å². The molecule has 0 spiro atoms. The average molecular weight is 408 g/mol. The second-order valence-electron chi connectivity index (χ2n) is 7.15. The van der Waals surface area contributed by atoms with Crippen LogP contribution < -0.4 is 5.32 Å². The monoisotopic (exact) mass is 407 g/mol. The van der Waals surface area contributed by atoms with Crippen molar-refractivity contribution in [2.45, 2.75) is 39.4 Å². The zero-order chi connectivity index (χ0) is 20.6. The summed E-state index contributed by atoms with van der Waals surface area (Å²) >= 11 is 1.83. The van der Waals surface area contributed by atoms with Crippen LogP contribution in [0.1, 0.15) is 46.2 Å². The number of thioether (sulfide) groups is 1. The topological polar surface area (TPSA) is 46.9 Å². The Bertz CT molecular complexity index is 933. The third kappa shape index (κ3) is 5.51. The van der Waals surface area contributed by atoms with Crippen LogP contribution in [-0.2, 0) is 12.2 Å². The Balaban J connectivity index is 1.52. The van der Waals surface area contributed by atoms with Crippen LogP contribution in [0.3, 0.4) is 0 Å². The number of aryl methyl sites for hydroxylation is 1. The van der Waals surface area contributed by atoms with Gasteiger partial charge in [0.2, 0.25) is 0 Å². The van der Waals surface area contributed by atoms with E-state index in [0.717, 1.165) is 35.7 Å². The number of hydrogen-bond acceptors (Lipinski definition) is 3. The van der Waals surface area contributed by atoms with Crippen LogP contribution >= 0.6 is 11.8 Å². The Morgan fingerprint density at radius 1 is 1.07 bits per heavy atom. The van der Waals surface area contributed by atoms with Gasteiger partial charge in [-0.15, -0.1) is 0 Å². The number of amides is 1. The lowest BCUT2D eigenvalue weighted by Gasteiger charge is -2.08. The van der Waals surface area contributed by atoms with Gasteiger partial charge in [-0.2, -0.15) is 16.9 Å². The van der Waals surface area contributed by atoms with Crippen molar-refractivity contribution in [1.29, 1.82) is 0 Å². The van der Waals surface area contributed by atoms with E-state index in [2.05, 4.69) is 55.5 Å². The van der Waals surface area contributed by atoms with Crippen molar-refractivity contribution in [1.82, 2.24) is 15.1 Å². The van der Waals surface area contributed by atoms with Crippen molar-refractivity contribution in [3.05, 3.63) is 82.7 Å². The van der Waals surface area contributed by atoms with Crippen LogP contribution in [0.15, 0.2) is 54.6 Å². The van der Waals surface area contributed by atoms with Crippen molar-refractivity contribution in [3.63, 3.8) is 0 Å². The van der Waals surface area contributed by atoms with Gasteiger partial charge in [0.1, 0.15) is 0 Å². The molecule has 0 atom stereocenters. The van der Waals surface area contributed by atoms with E-state index in [-0.39, 0.29) is 5.91 Å². The summed E-state index contributed by atoms with van der Waals surface area (Å²) in [6.45, 7) is 7.02. The molecule has 2 aromatic carbocycles. The van der Waals surface area contributed by atoms with E-state index < -0.39 is 0 Å². The van der Waals surface area contributed by atoms with Crippen LogP contribution in [0.2, 0.25) is 0 Å². The lowest BCUT2D eigenvalue weighted by atomic mass is 10.1. The molecule has 0 fully saturated rings. The molecule has 0 aliphatic rings. The van der Waals surface area contributed by atoms with Crippen LogP contribution in [0, 0.1) is 13.8 Å².